The second-order valence-corrected chi connectivity index (χ2v) is 1.94. The predicted molar refractivity (Wildman–Crippen MR) is 42.6 cm³/mol. The Bertz CT molecular complexity index is 237. The van der Waals surface area contributed by atoms with Gasteiger partial charge < -0.3 is 5.32 Å². The first-order valence-electron chi connectivity index (χ1n) is 2.71. The second kappa shape index (κ2) is 3.27. The van der Waals surface area contributed by atoms with Crippen molar-refractivity contribution in [2.75, 3.05) is 5.32 Å². The van der Waals surface area contributed by atoms with E-state index in [0.29, 0.717) is 5.69 Å². The van der Waals surface area contributed by atoms with E-state index in [0.717, 1.165) is 0 Å². The Hall–Kier alpha value is -0.960. The number of nitrogens with one attached hydrogen (secondary N) is 1. The highest BCUT2D eigenvalue weighted by Crippen LogP contribution is 2.07. The smallest absolute Gasteiger partial charge is 0.138 e. The maximum atomic E-state index is 12.4. The van der Waals surface area contributed by atoms with E-state index in [9.17, 15) is 4.39 Å². The molecular formula is C7H5FNS. The summed E-state index contributed by atoms with van der Waals surface area (Å²) in [7, 11) is 0. The molecule has 1 aromatic rings. The zero-order chi connectivity index (χ0) is 7.40. The quantitative estimate of drug-likeness (QED) is 0.517. The van der Waals surface area contributed by atoms with Crippen LogP contribution in [-0.4, -0.2) is 5.49 Å². The number of benzene rings is 1. The Morgan fingerprint density at radius 3 is 2.90 bits per heavy atom. The molecule has 0 spiro atoms. The van der Waals surface area contributed by atoms with Gasteiger partial charge in [-0.3, -0.25) is 0 Å². The van der Waals surface area contributed by atoms with Gasteiger partial charge in [-0.1, -0.05) is 18.3 Å². The number of thiocarbonyl (C=S) groups is 1. The van der Waals surface area contributed by atoms with Crippen molar-refractivity contribution < 1.29 is 4.39 Å². The predicted octanol–water partition coefficient (Wildman–Crippen LogP) is 2.07. The zero-order valence-electron chi connectivity index (χ0n) is 5.10. The van der Waals surface area contributed by atoms with Gasteiger partial charge in [-0.2, -0.15) is 0 Å². The molecule has 0 unspecified atom stereocenters. The lowest BCUT2D eigenvalue weighted by molar-refractivity contribution is 0.628. The summed E-state index contributed by atoms with van der Waals surface area (Å²) in [5.74, 6) is -0.282. The normalized spacial score (nSPS) is 8.90. The highest BCUT2D eigenvalue weighted by molar-refractivity contribution is 7.79. The Morgan fingerprint density at radius 2 is 2.30 bits per heavy atom. The third-order valence-corrected chi connectivity index (χ3v) is 1.12. The molecule has 1 aromatic carbocycles. The van der Waals surface area contributed by atoms with Gasteiger partial charge in [0.25, 0.3) is 0 Å². The fraction of sp³-hybridized carbons (Fsp3) is 0. The third-order valence-electron chi connectivity index (χ3n) is 1.02. The fourth-order valence-electron chi connectivity index (χ4n) is 0.625. The van der Waals surface area contributed by atoms with E-state index in [1.165, 1.54) is 12.1 Å². The van der Waals surface area contributed by atoms with Gasteiger partial charge in [-0.25, -0.2) is 4.39 Å². The van der Waals surface area contributed by atoms with Crippen molar-refractivity contribution in [1.82, 2.24) is 0 Å². The van der Waals surface area contributed by atoms with E-state index in [1.54, 1.807) is 12.1 Å². The first kappa shape index (κ1) is 7.15. The zero-order valence-corrected chi connectivity index (χ0v) is 5.91. The van der Waals surface area contributed by atoms with Crippen LogP contribution < -0.4 is 5.32 Å². The summed E-state index contributed by atoms with van der Waals surface area (Å²) in [4.78, 5) is 0. The summed E-state index contributed by atoms with van der Waals surface area (Å²) in [6, 6.07) is 6.03. The summed E-state index contributed by atoms with van der Waals surface area (Å²) in [5, 5.41) is 2.57. The Morgan fingerprint density at radius 1 is 1.50 bits per heavy atom. The van der Waals surface area contributed by atoms with Crippen LogP contribution in [0.25, 0.3) is 0 Å². The Labute approximate surface area is 63.9 Å². The molecule has 0 amide bonds. The molecule has 0 aliphatic carbocycles. The SMILES string of the molecule is Fc1cccc(N[C]=S)c1. The first-order valence-corrected chi connectivity index (χ1v) is 3.12. The van der Waals surface area contributed by atoms with Crippen LogP contribution in [0.3, 0.4) is 0 Å². The van der Waals surface area contributed by atoms with Crippen molar-refractivity contribution >= 4 is 23.4 Å². The summed E-state index contributed by atoms with van der Waals surface area (Å²) < 4.78 is 12.4. The summed E-state index contributed by atoms with van der Waals surface area (Å²) in [6.07, 6.45) is 0. The Balaban J connectivity index is 2.84. The highest BCUT2D eigenvalue weighted by Gasteiger charge is 1.89. The van der Waals surface area contributed by atoms with Gasteiger partial charge in [0.05, 0.1) is 0 Å². The molecule has 51 valence electrons. The van der Waals surface area contributed by atoms with E-state index in [-0.39, 0.29) is 5.82 Å². The fourth-order valence-corrected chi connectivity index (χ4v) is 0.743. The summed E-state index contributed by atoms with van der Waals surface area (Å²) >= 11 is 4.39. The van der Waals surface area contributed by atoms with Crippen LogP contribution in [0, 0.1) is 5.82 Å². The van der Waals surface area contributed by atoms with E-state index in [2.05, 4.69) is 23.0 Å². The highest BCUT2D eigenvalue weighted by atomic mass is 32.1. The lowest BCUT2D eigenvalue weighted by atomic mass is 10.3. The maximum absolute atomic E-state index is 12.4. The molecule has 0 bridgehead atoms. The molecule has 1 N–H and O–H groups in total. The molecule has 0 aromatic heterocycles. The standard InChI is InChI=1S/C7H5FNS/c8-6-2-1-3-7(4-6)9-5-10/h1-4H,(H,9,10). The van der Waals surface area contributed by atoms with Crippen molar-refractivity contribution in [2.24, 2.45) is 0 Å². The van der Waals surface area contributed by atoms with Crippen molar-refractivity contribution in [2.45, 2.75) is 0 Å². The van der Waals surface area contributed by atoms with Gasteiger partial charge in [0.15, 0.2) is 0 Å². The first-order chi connectivity index (χ1) is 4.83. The summed E-state index contributed by atoms with van der Waals surface area (Å²) in [5.41, 5.74) is 2.90. The molecule has 3 heteroatoms. The van der Waals surface area contributed by atoms with Crippen LogP contribution in [0.4, 0.5) is 10.1 Å². The van der Waals surface area contributed by atoms with Crippen LogP contribution in [0.15, 0.2) is 24.3 Å². The molecule has 0 saturated heterocycles. The van der Waals surface area contributed by atoms with E-state index < -0.39 is 0 Å². The number of anilines is 1. The lowest BCUT2D eigenvalue weighted by Crippen LogP contribution is -1.91. The topological polar surface area (TPSA) is 12.0 Å². The van der Waals surface area contributed by atoms with Crippen molar-refractivity contribution in [3.05, 3.63) is 30.1 Å². The number of hydrogen-bond donors (Lipinski definition) is 1. The largest absolute Gasteiger partial charge is 0.344 e. The molecule has 0 fully saturated rings. The van der Waals surface area contributed by atoms with E-state index in [4.69, 9.17) is 0 Å². The van der Waals surface area contributed by atoms with Crippen molar-refractivity contribution in [1.29, 1.82) is 0 Å². The maximum Gasteiger partial charge on any atom is 0.138 e. The molecule has 1 nitrogen and oxygen atoms in total. The van der Waals surface area contributed by atoms with Gasteiger partial charge in [0.1, 0.15) is 11.3 Å². The molecule has 0 aliphatic rings. The second-order valence-electron chi connectivity index (χ2n) is 1.74. The molecular weight excluding hydrogens is 149 g/mol. The summed E-state index contributed by atoms with van der Waals surface area (Å²) in [6.45, 7) is 0. The lowest BCUT2D eigenvalue weighted by Gasteiger charge is -1.95. The van der Waals surface area contributed by atoms with Crippen LogP contribution in [-0.2, 0) is 0 Å². The minimum Gasteiger partial charge on any atom is -0.344 e. The molecule has 1 rings (SSSR count). The van der Waals surface area contributed by atoms with Crippen LogP contribution >= 0.6 is 12.2 Å². The minimum absolute atomic E-state index is 0.282. The monoisotopic (exact) mass is 154 g/mol. The van der Waals surface area contributed by atoms with Gasteiger partial charge in [0, 0.05) is 5.69 Å². The van der Waals surface area contributed by atoms with Crippen molar-refractivity contribution in [3.63, 3.8) is 0 Å². The van der Waals surface area contributed by atoms with Crippen LogP contribution in [0.2, 0.25) is 0 Å². The van der Waals surface area contributed by atoms with Gasteiger partial charge >= 0.3 is 0 Å². The third kappa shape index (κ3) is 1.77. The molecule has 0 saturated carbocycles. The molecule has 10 heavy (non-hydrogen) atoms. The Kier molecular flexibility index (Phi) is 2.34. The molecule has 0 aliphatic heterocycles. The van der Waals surface area contributed by atoms with Crippen LogP contribution in [0.1, 0.15) is 0 Å². The molecule has 1 radical (unpaired) electrons. The molecule has 0 heterocycles. The average molecular weight is 154 g/mol. The van der Waals surface area contributed by atoms with E-state index >= 15 is 0 Å². The number of rotatable bonds is 2. The van der Waals surface area contributed by atoms with Gasteiger partial charge in [-0.15, -0.1) is 0 Å². The molecule has 0 atom stereocenters. The number of hydrogen-bond acceptors (Lipinski definition) is 1. The minimum atomic E-state index is -0.282. The van der Waals surface area contributed by atoms with Gasteiger partial charge in [0.2, 0.25) is 0 Å². The van der Waals surface area contributed by atoms with E-state index in [1.807, 2.05) is 0 Å². The van der Waals surface area contributed by atoms with Crippen molar-refractivity contribution in [3.8, 4) is 0 Å². The average Bonchev–Trinajstić information content (AvgIpc) is 1.88. The van der Waals surface area contributed by atoms with Gasteiger partial charge in [-0.05, 0) is 18.2 Å². The van der Waals surface area contributed by atoms with Crippen LogP contribution in [0.5, 0.6) is 0 Å². The number of halogens is 1.